The molecule has 26 heavy (non-hydrogen) atoms. The average Bonchev–Trinajstić information content (AvgIpc) is 3.23. The molecule has 2 heterocycles. The Bertz CT molecular complexity index is 1010. The molecule has 0 fully saturated rings. The van der Waals surface area contributed by atoms with E-state index in [1.165, 1.54) is 27.6 Å². The van der Waals surface area contributed by atoms with Gasteiger partial charge in [-0.3, -0.25) is 9.59 Å². The lowest BCUT2D eigenvalue weighted by Crippen LogP contribution is -2.22. The zero-order valence-corrected chi connectivity index (χ0v) is 16.2. The van der Waals surface area contributed by atoms with E-state index in [0.29, 0.717) is 22.0 Å². The van der Waals surface area contributed by atoms with Gasteiger partial charge in [-0.2, -0.15) is 0 Å². The van der Waals surface area contributed by atoms with Gasteiger partial charge in [0.25, 0.3) is 11.8 Å². The molecule has 134 valence electrons. The lowest BCUT2D eigenvalue weighted by atomic mass is 9.88. The van der Waals surface area contributed by atoms with E-state index in [1.54, 1.807) is 18.6 Å². The van der Waals surface area contributed by atoms with E-state index in [4.69, 9.17) is 0 Å². The normalized spacial score (nSPS) is 16.3. The Labute approximate surface area is 159 Å². The summed E-state index contributed by atoms with van der Waals surface area (Å²) in [6.45, 7) is 2.23. The summed E-state index contributed by atoms with van der Waals surface area (Å²) in [5.74, 6) is 0.276. The van der Waals surface area contributed by atoms with Gasteiger partial charge in [-0.05, 0) is 48.9 Å². The molecular formula is C19H19N3O2S2. The fourth-order valence-electron chi connectivity index (χ4n) is 3.38. The van der Waals surface area contributed by atoms with Gasteiger partial charge in [-0.15, -0.1) is 22.7 Å². The number of carbonyl (C=O) groups is 2. The predicted octanol–water partition coefficient (Wildman–Crippen LogP) is 4.09. The highest BCUT2D eigenvalue weighted by Crippen LogP contribution is 2.39. The molecule has 1 aliphatic carbocycles. The molecule has 4 rings (SSSR count). The molecule has 1 unspecified atom stereocenters. The fraction of sp³-hybridized carbons (Fsp3) is 0.316. The van der Waals surface area contributed by atoms with Gasteiger partial charge in [0, 0.05) is 17.5 Å². The van der Waals surface area contributed by atoms with Crippen LogP contribution in [0.3, 0.4) is 0 Å². The molecule has 0 saturated heterocycles. The molecule has 3 aromatic rings. The molecule has 0 aliphatic heterocycles. The minimum Gasteiger partial charge on any atom is -0.355 e. The topological polar surface area (TPSA) is 71.1 Å². The first-order valence-corrected chi connectivity index (χ1v) is 10.3. The molecule has 2 aromatic heterocycles. The molecule has 1 atom stereocenters. The van der Waals surface area contributed by atoms with Crippen molar-refractivity contribution < 1.29 is 9.59 Å². The lowest BCUT2D eigenvalue weighted by Gasteiger charge is -2.18. The van der Waals surface area contributed by atoms with Crippen LogP contribution in [0.4, 0.5) is 5.00 Å². The largest absolute Gasteiger partial charge is 0.355 e. The first-order valence-electron chi connectivity index (χ1n) is 8.58. The molecule has 2 amide bonds. The minimum absolute atomic E-state index is 0.134. The highest BCUT2D eigenvalue weighted by Gasteiger charge is 2.28. The molecule has 1 aromatic carbocycles. The van der Waals surface area contributed by atoms with Crippen molar-refractivity contribution in [3.8, 4) is 0 Å². The van der Waals surface area contributed by atoms with Crippen LogP contribution in [-0.4, -0.2) is 23.8 Å². The lowest BCUT2D eigenvalue weighted by molar-refractivity contribution is 0.0963. The van der Waals surface area contributed by atoms with Crippen molar-refractivity contribution in [2.45, 2.75) is 26.2 Å². The van der Waals surface area contributed by atoms with Crippen LogP contribution in [0, 0.1) is 5.92 Å². The Morgan fingerprint density at radius 1 is 1.27 bits per heavy atom. The van der Waals surface area contributed by atoms with Crippen LogP contribution < -0.4 is 10.6 Å². The maximum atomic E-state index is 12.8. The monoisotopic (exact) mass is 385 g/mol. The van der Waals surface area contributed by atoms with E-state index < -0.39 is 0 Å². The summed E-state index contributed by atoms with van der Waals surface area (Å²) in [7, 11) is 1.63. The van der Waals surface area contributed by atoms with E-state index in [1.807, 2.05) is 12.1 Å². The second-order valence-corrected chi connectivity index (χ2v) is 8.62. The Morgan fingerprint density at radius 3 is 2.92 bits per heavy atom. The average molecular weight is 386 g/mol. The first-order chi connectivity index (χ1) is 12.6. The van der Waals surface area contributed by atoms with Crippen LogP contribution in [-0.2, 0) is 12.8 Å². The van der Waals surface area contributed by atoms with Crippen molar-refractivity contribution >= 4 is 49.7 Å². The number of benzene rings is 1. The summed E-state index contributed by atoms with van der Waals surface area (Å²) in [5, 5.41) is 6.34. The van der Waals surface area contributed by atoms with Crippen LogP contribution in [0.5, 0.6) is 0 Å². The smallest absolute Gasteiger partial charge is 0.256 e. The summed E-state index contributed by atoms with van der Waals surface area (Å²) in [6, 6.07) is 5.46. The summed E-state index contributed by atoms with van der Waals surface area (Å²) >= 11 is 3.04. The SMILES string of the molecule is CNC(=O)c1c(NC(=O)c2ccc3ncsc3c2)sc2c1CCC(C)C2. The van der Waals surface area contributed by atoms with Crippen molar-refractivity contribution in [1.82, 2.24) is 10.3 Å². The van der Waals surface area contributed by atoms with Crippen LogP contribution in [0.25, 0.3) is 10.2 Å². The van der Waals surface area contributed by atoms with Crippen molar-refractivity contribution in [2.24, 2.45) is 5.92 Å². The van der Waals surface area contributed by atoms with Gasteiger partial charge < -0.3 is 10.6 Å². The van der Waals surface area contributed by atoms with Gasteiger partial charge >= 0.3 is 0 Å². The van der Waals surface area contributed by atoms with Crippen LogP contribution in [0.1, 0.15) is 44.5 Å². The molecule has 0 spiro atoms. The highest BCUT2D eigenvalue weighted by molar-refractivity contribution is 7.17. The van der Waals surface area contributed by atoms with E-state index in [9.17, 15) is 9.59 Å². The Balaban J connectivity index is 1.68. The molecule has 7 heteroatoms. The summed E-state index contributed by atoms with van der Waals surface area (Å²) < 4.78 is 0.975. The number of nitrogens with zero attached hydrogens (tertiary/aromatic N) is 1. The second kappa shape index (κ2) is 6.81. The number of thiazole rings is 1. The van der Waals surface area contributed by atoms with Gasteiger partial charge in [0.2, 0.25) is 0 Å². The van der Waals surface area contributed by atoms with Crippen molar-refractivity contribution in [3.05, 3.63) is 45.3 Å². The third-order valence-corrected chi connectivity index (χ3v) is 6.75. The Morgan fingerprint density at radius 2 is 2.12 bits per heavy atom. The van der Waals surface area contributed by atoms with Crippen molar-refractivity contribution in [2.75, 3.05) is 12.4 Å². The van der Waals surface area contributed by atoms with Gasteiger partial charge in [0.05, 0.1) is 21.3 Å². The first kappa shape index (κ1) is 17.2. The number of aromatic nitrogens is 1. The number of carbonyl (C=O) groups excluding carboxylic acids is 2. The number of rotatable bonds is 3. The minimum atomic E-state index is -0.197. The Hall–Kier alpha value is -2.25. The zero-order chi connectivity index (χ0) is 18.3. The van der Waals surface area contributed by atoms with Gasteiger partial charge in [0.1, 0.15) is 5.00 Å². The zero-order valence-electron chi connectivity index (χ0n) is 14.6. The van der Waals surface area contributed by atoms with E-state index in [0.717, 1.165) is 35.0 Å². The number of thiophene rings is 1. The maximum absolute atomic E-state index is 12.8. The predicted molar refractivity (Wildman–Crippen MR) is 106 cm³/mol. The second-order valence-electron chi connectivity index (χ2n) is 6.62. The number of anilines is 1. The number of hydrogen-bond acceptors (Lipinski definition) is 5. The van der Waals surface area contributed by atoms with Gasteiger partial charge in [-0.25, -0.2) is 4.98 Å². The maximum Gasteiger partial charge on any atom is 0.256 e. The number of amides is 2. The fourth-order valence-corrected chi connectivity index (χ4v) is 5.50. The van der Waals surface area contributed by atoms with Crippen LogP contribution in [0.15, 0.2) is 23.7 Å². The van der Waals surface area contributed by atoms with Crippen molar-refractivity contribution in [3.63, 3.8) is 0 Å². The van der Waals surface area contributed by atoms with E-state index in [-0.39, 0.29) is 11.8 Å². The highest BCUT2D eigenvalue weighted by atomic mass is 32.1. The number of fused-ring (bicyclic) bond motifs is 2. The summed E-state index contributed by atoms with van der Waals surface area (Å²) in [6.07, 6.45) is 2.92. The third kappa shape index (κ3) is 3.01. The molecule has 5 nitrogen and oxygen atoms in total. The van der Waals surface area contributed by atoms with E-state index in [2.05, 4.69) is 22.5 Å². The molecule has 0 bridgehead atoms. The number of nitrogens with one attached hydrogen (secondary N) is 2. The third-order valence-electron chi connectivity index (χ3n) is 4.79. The molecular weight excluding hydrogens is 366 g/mol. The molecule has 2 N–H and O–H groups in total. The molecule has 0 saturated carbocycles. The molecule has 0 radical (unpaired) electrons. The standard InChI is InChI=1S/C19H19N3O2S2/c1-10-3-5-12-14(7-10)26-19(16(12)18(24)20-2)22-17(23)11-4-6-13-15(8-11)25-9-21-13/h4,6,8-10H,3,5,7H2,1-2H3,(H,20,24)(H,22,23). The quantitative estimate of drug-likeness (QED) is 0.713. The van der Waals surface area contributed by atoms with Gasteiger partial charge in [-0.1, -0.05) is 6.92 Å². The number of hydrogen-bond donors (Lipinski definition) is 2. The molecule has 1 aliphatic rings. The summed E-state index contributed by atoms with van der Waals surface area (Å²) in [4.78, 5) is 30.7. The van der Waals surface area contributed by atoms with Crippen molar-refractivity contribution in [1.29, 1.82) is 0 Å². The van der Waals surface area contributed by atoms with Crippen LogP contribution in [0.2, 0.25) is 0 Å². The Kier molecular flexibility index (Phi) is 4.50. The van der Waals surface area contributed by atoms with E-state index >= 15 is 0 Å². The van der Waals surface area contributed by atoms with Crippen LogP contribution >= 0.6 is 22.7 Å². The van der Waals surface area contributed by atoms with Gasteiger partial charge in [0.15, 0.2) is 0 Å². The summed E-state index contributed by atoms with van der Waals surface area (Å²) in [5.41, 5.74) is 4.96.